The van der Waals surface area contributed by atoms with Gasteiger partial charge in [0.2, 0.25) is 0 Å². The number of aromatic nitrogens is 3. The zero-order chi connectivity index (χ0) is 14.2. The first-order chi connectivity index (χ1) is 8.79. The van der Waals surface area contributed by atoms with E-state index >= 15 is 0 Å². The summed E-state index contributed by atoms with van der Waals surface area (Å²) >= 11 is 0. The number of alkyl halides is 3. The van der Waals surface area contributed by atoms with Crippen LogP contribution in [0.25, 0.3) is 11.3 Å². The second kappa shape index (κ2) is 4.56. The van der Waals surface area contributed by atoms with Crippen LogP contribution >= 0.6 is 0 Å². The third-order valence-corrected chi connectivity index (χ3v) is 2.59. The van der Waals surface area contributed by atoms with Gasteiger partial charge in [-0.05, 0) is 32.0 Å². The Hall–Kier alpha value is -2.05. The summed E-state index contributed by atoms with van der Waals surface area (Å²) in [5, 5.41) is 3.62. The molecule has 4 nitrogen and oxygen atoms in total. The molecule has 0 amide bonds. The molecule has 0 radical (unpaired) electrons. The van der Waals surface area contributed by atoms with Crippen LogP contribution in [0, 0.1) is 0 Å². The van der Waals surface area contributed by atoms with Crippen LogP contribution in [0.2, 0.25) is 0 Å². The smallest absolute Gasteiger partial charge is 0.384 e. The molecule has 2 rings (SSSR count). The van der Waals surface area contributed by atoms with Gasteiger partial charge in [0.25, 0.3) is 0 Å². The SMILES string of the molecule is CC(C)n1nc(C(F)(F)F)cc1-c1ccnc(N)c1. The average molecular weight is 270 g/mol. The number of nitrogens with two attached hydrogens (primary N) is 1. The van der Waals surface area contributed by atoms with Crippen LogP contribution in [0.5, 0.6) is 0 Å². The molecule has 0 aliphatic heterocycles. The number of rotatable bonds is 2. The van der Waals surface area contributed by atoms with E-state index in [0.717, 1.165) is 6.07 Å². The predicted molar refractivity (Wildman–Crippen MR) is 65.3 cm³/mol. The molecule has 0 aromatic carbocycles. The first kappa shape index (κ1) is 13.4. The Morgan fingerprint density at radius 1 is 1.26 bits per heavy atom. The minimum atomic E-state index is -4.46. The Labute approximate surface area is 108 Å². The van der Waals surface area contributed by atoms with E-state index in [-0.39, 0.29) is 11.9 Å². The van der Waals surface area contributed by atoms with Crippen LogP contribution in [-0.4, -0.2) is 14.8 Å². The van der Waals surface area contributed by atoms with E-state index in [2.05, 4.69) is 10.1 Å². The zero-order valence-corrected chi connectivity index (χ0v) is 10.4. The second-order valence-electron chi connectivity index (χ2n) is 4.42. The fraction of sp³-hybridized carbons (Fsp3) is 0.333. The zero-order valence-electron chi connectivity index (χ0n) is 10.4. The van der Waals surface area contributed by atoms with Gasteiger partial charge in [0.05, 0.1) is 5.69 Å². The monoisotopic (exact) mass is 270 g/mol. The fourth-order valence-corrected chi connectivity index (χ4v) is 1.75. The number of pyridine rings is 1. The van der Waals surface area contributed by atoms with Crippen molar-refractivity contribution in [2.75, 3.05) is 5.73 Å². The number of anilines is 1. The molecule has 0 atom stereocenters. The van der Waals surface area contributed by atoms with Gasteiger partial charge in [-0.15, -0.1) is 0 Å². The third kappa shape index (κ3) is 2.69. The molecule has 102 valence electrons. The van der Waals surface area contributed by atoms with E-state index in [0.29, 0.717) is 11.3 Å². The molecule has 0 unspecified atom stereocenters. The van der Waals surface area contributed by atoms with Crippen molar-refractivity contribution >= 4 is 5.82 Å². The van der Waals surface area contributed by atoms with Gasteiger partial charge in [-0.2, -0.15) is 18.3 Å². The Balaban J connectivity index is 2.59. The Morgan fingerprint density at radius 3 is 2.47 bits per heavy atom. The summed E-state index contributed by atoms with van der Waals surface area (Å²) in [7, 11) is 0. The van der Waals surface area contributed by atoms with E-state index < -0.39 is 11.9 Å². The molecule has 2 heterocycles. The van der Waals surface area contributed by atoms with Gasteiger partial charge in [0.1, 0.15) is 5.82 Å². The Bertz CT molecular complexity index is 587. The fourth-order valence-electron chi connectivity index (χ4n) is 1.75. The minimum Gasteiger partial charge on any atom is -0.384 e. The third-order valence-electron chi connectivity index (χ3n) is 2.59. The molecule has 0 spiro atoms. The van der Waals surface area contributed by atoms with Crippen LogP contribution < -0.4 is 5.73 Å². The molecule has 2 aromatic rings. The highest BCUT2D eigenvalue weighted by Crippen LogP contribution is 2.33. The van der Waals surface area contributed by atoms with Crippen LogP contribution in [0.3, 0.4) is 0 Å². The lowest BCUT2D eigenvalue weighted by Gasteiger charge is -2.11. The molecule has 0 saturated heterocycles. The first-order valence-electron chi connectivity index (χ1n) is 5.67. The molecule has 7 heteroatoms. The second-order valence-corrected chi connectivity index (χ2v) is 4.42. The lowest BCUT2D eigenvalue weighted by atomic mass is 10.1. The van der Waals surface area contributed by atoms with Gasteiger partial charge in [-0.3, -0.25) is 4.68 Å². The maximum atomic E-state index is 12.7. The van der Waals surface area contributed by atoms with Crippen molar-refractivity contribution in [3.63, 3.8) is 0 Å². The Morgan fingerprint density at radius 2 is 1.95 bits per heavy atom. The molecule has 19 heavy (non-hydrogen) atoms. The lowest BCUT2D eigenvalue weighted by Crippen LogP contribution is -2.09. The average Bonchev–Trinajstić information content (AvgIpc) is 2.73. The van der Waals surface area contributed by atoms with E-state index in [1.165, 1.54) is 16.9 Å². The highest BCUT2D eigenvalue weighted by Gasteiger charge is 2.35. The summed E-state index contributed by atoms with van der Waals surface area (Å²) in [6.45, 7) is 3.53. The highest BCUT2D eigenvalue weighted by molar-refractivity contribution is 5.63. The Kier molecular flexibility index (Phi) is 3.21. The van der Waals surface area contributed by atoms with E-state index in [9.17, 15) is 13.2 Å². The van der Waals surface area contributed by atoms with Gasteiger partial charge >= 0.3 is 6.18 Å². The van der Waals surface area contributed by atoms with Gasteiger partial charge in [-0.25, -0.2) is 4.98 Å². The largest absolute Gasteiger partial charge is 0.435 e. The lowest BCUT2D eigenvalue weighted by molar-refractivity contribution is -0.141. The molecule has 2 N–H and O–H groups in total. The summed E-state index contributed by atoms with van der Waals surface area (Å²) < 4.78 is 39.5. The van der Waals surface area contributed by atoms with Crippen LogP contribution in [0.15, 0.2) is 24.4 Å². The van der Waals surface area contributed by atoms with Gasteiger partial charge in [-0.1, -0.05) is 0 Å². The van der Waals surface area contributed by atoms with E-state index in [1.807, 2.05) is 0 Å². The van der Waals surface area contributed by atoms with Crippen molar-refractivity contribution in [1.82, 2.24) is 14.8 Å². The number of halogens is 3. The van der Waals surface area contributed by atoms with Crippen molar-refractivity contribution < 1.29 is 13.2 Å². The summed E-state index contributed by atoms with van der Waals surface area (Å²) in [5.41, 5.74) is 5.57. The normalized spacial score (nSPS) is 12.1. The van der Waals surface area contributed by atoms with Crippen molar-refractivity contribution in [1.29, 1.82) is 0 Å². The number of hydrogen-bond acceptors (Lipinski definition) is 3. The summed E-state index contributed by atoms with van der Waals surface area (Å²) in [5.74, 6) is 0.252. The van der Waals surface area contributed by atoms with Crippen molar-refractivity contribution in [2.24, 2.45) is 0 Å². The predicted octanol–water partition coefficient (Wildman–Crippen LogP) is 3.13. The molecular weight excluding hydrogens is 257 g/mol. The van der Waals surface area contributed by atoms with Crippen LogP contribution in [-0.2, 0) is 6.18 Å². The van der Waals surface area contributed by atoms with Crippen molar-refractivity contribution in [2.45, 2.75) is 26.1 Å². The molecule has 0 aliphatic carbocycles. The van der Waals surface area contributed by atoms with Gasteiger partial charge < -0.3 is 5.73 Å². The van der Waals surface area contributed by atoms with Gasteiger partial charge in [0, 0.05) is 17.8 Å². The first-order valence-corrected chi connectivity index (χ1v) is 5.67. The summed E-state index contributed by atoms with van der Waals surface area (Å²) in [6.07, 6.45) is -3.01. The maximum absolute atomic E-state index is 12.7. The van der Waals surface area contributed by atoms with Crippen LogP contribution in [0.4, 0.5) is 19.0 Å². The number of nitrogens with zero attached hydrogens (tertiary/aromatic N) is 3. The minimum absolute atomic E-state index is 0.194. The van der Waals surface area contributed by atoms with E-state index in [4.69, 9.17) is 5.73 Å². The molecular formula is C12H13F3N4. The van der Waals surface area contributed by atoms with E-state index in [1.54, 1.807) is 19.9 Å². The molecule has 0 fully saturated rings. The molecule has 0 saturated carbocycles. The quantitative estimate of drug-likeness (QED) is 0.912. The van der Waals surface area contributed by atoms with Gasteiger partial charge in [0.15, 0.2) is 5.69 Å². The van der Waals surface area contributed by atoms with Crippen molar-refractivity contribution in [3.05, 3.63) is 30.1 Å². The number of hydrogen-bond donors (Lipinski definition) is 1. The molecule has 0 bridgehead atoms. The highest BCUT2D eigenvalue weighted by atomic mass is 19.4. The maximum Gasteiger partial charge on any atom is 0.435 e. The molecule has 0 aliphatic rings. The molecule has 2 aromatic heterocycles. The van der Waals surface area contributed by atoms with Crippen molar-refractivity contribution in [3.8, 4) is 11.3 Å². The topological polar surface area (TPSA) is 56.7 Å². The summed E-state index contributed by atoms with van der Waals surface area (Å²) in [6, 6.07) is 3.96. The number of nitrogen functional groups attached to an aromatic ring is 1. The van der Waals surface area contributed by atoms with Crippen LogP contribution in [0.1, 0.15) is 25.6 Å². The summed E-state index contributed by atoms with van der Waals surface area (Å²) in [4.78, 5) is 3.82. The standard InChI is InChI=1S/C12H13F3N4/c1-7(2)19-9(6-10(18-19)12(13,14)15)8-3-4-17-11(16)5-8/h3-7H,1-2H3,(H2,16,17).